The average molecular weight is 465 g/mol. The number of nitrogens with two attached hydrogens (primary N) is 1. The van der Waals surface area contributed by atoms with Crippen molar-refractivity contribution in [3.05, 3.63) is 41.9 Å². The van der Waals surface area contributed by atoms with E-state index in [-0.39, 0.29) is 5.41 Å². The summed E-state index contributed by atoms with van der Waals surface area (Å²) in [7, 11) is 1.73. The minimum atomic E-state index is 0.214. The number of fused-ring (bicyclic) bond motifs is 2. The summed E-state index contributed by atoms with van der Waals surface area (Å²) in [6.07, 6.45) is 1.54. The van der Waals surface area contributed by atoms with Crippen LogP contribution < -0.4 is 15.8 Å². The molecule has 1 aliphatic rings. The summed E-state index contributed by atoms with van der Waals surface area (Å²) in [6, 6.07) is 9.19. The number of hydrogen-bond acceptors (Lipinski definition) is 7. The van der Waals surface area contributed by atoms with Crippen LogP contribution in [0.4, 0.5) is 5.82 Å². The van der Waals surface area contributed by atoms with Gasteiger partial charge < -0.3 is 15.8 Å². The van der Waals surface area contributed by atoms with Crippen molar-refractivity contribution >= 4 is 32.8 Å². The Hall–Kier alpha value is -2.68. The van der Waals surface area contributed by atoms with Crippen molar-refractivity contribution in [1.82, 2.24) is 24.8 Å². The van der Waals surface area contributed by atoms with Gasteiger partial charge in [0.2, 0.25) is 0 Å². The van der Waals surface area contributed by atoms with Crippen molar-refractivity contribution in [2.75, 3.05) is 32.5 Å². The quantitative estimate of drug-likeness (QED) is 0.468. The van der Waals surface area contributed by atoms with Gasteiger partial charge >= 0.3 is 0 Å². The highest BCUT2D eigenvalue weighted by Gasteiger charge is 2.30. The molecule has 1 aromatic carbocycles. The molecule has 1 fully saturated rings. The van der Waals surface area contributed by atoms with Gasteiger partial charge in [-0.2, -0.15) is 5.10 Å². The molecule has 4 heterocycles. The van der Waals surface area contributed by atoms with E-state index in [2.05, 4.69) is 72.3 Å². The molecule has 0 spiro atoms. The molecule has 1 unspecified atom stereocenters. The van der Waals surface area contributed by atoms with Crippen molar-refractivity contribution in [3.63, 3.8) is 0 Å². The molecule has 8 heteroatoms. The zero-order valence-electron chi connectivity index (χ0n) is 20.0. The Bertz CT molecular complexity index is 1320. The Labute approximate surface area is 198 Å². The van der Waals surface area contributed by atoms with E-state index in [0.717, 1.165) is 58.3 Å². The summed E-state index contributed by atoms with van der Waals surface area (Å²) in [4.78, 5) is 7.95. The molecule has 0 bridgehead atoms. The number of methoxy groups -OCH3 is 1. The summed E-state index contributed by atoms with van der Waals surface area (Å²) < 4.78 is 8.77. The zero-order chi connectivity index (χ0) is 23.3. The standard InChI is InChI=1S/C25H32N6OS/c1-15-8-16-10-20(33-23(16)19(9-15)32-5)18-11-17(31-22(18)24(26)28-14-29-31)12-30-7-6-27-21(13-30)25(2,3)4/h8-11,14,21,27H,6-7,12-13H2,1-5H3,(H2,26,28,29). The average Bonchev–Trinajstić information content (AvgIpc) is 3.35. The molecule has 174 valence electrons. The third-order valence-corrected chi connectivity index (χ3v) is 7.76. The molecule has 3 aromatic heterocycles. The maximum absolute atomic E-state index is 6.38. The summed E-state index contributed by atoms with van der Waals surface area (Å²) >= 11 is 1.72. The largest absolute Gasteiger partial charge is 0.495 e. The maximum atomic E-state index is 6.38. The monoisotopic (exact) mass is 464 g/mol. The van der Waals surface area contributed by atoms with E-state index in [1.807, 2.05) is 4.52 Å². The van der Waals surface area contributed by atoms with E-state index in [1.54, 1.807) is 24.8 Å². The fourth-order valence-corrected chi connectivity index (χ4v) is 5.90. The lowest BCUT2D eigenvalue weighted by Gasteiger charge is -2.40. The maximum Gasteiger partial charge on any atom is 0.152 e. The van der Waals surface area contributed by atoms with E-state index in [0.29, 0.717) is 11.9 Å². The molecule has 0 radical (unpaired) electrons. The predicted molar refractivity (Wildman–Crippen MR) is 136 cm³/mol. The number of nitrogens with one attached hydrogen (secondary N) is 1. The summed E-state index contributed by atoms with van der Waals surface area (Å²) in [6.45, 7) is 12.8. The molecule has 4 aromatic rings. The Balaban J connectivity index is 1.57. The summed E-state index contributed by atoms with van der Waals surface area (Å²) in [5.41, 5.74) is 10.9. The van der Waals surface area contributed by atoms with Gasteiger partial charge in [0.05, 0.1) is 17.5 Å². The molecule has 0 amide bonds. The number of nitrogen functional groups attached to an aromatic ring is 1. The second-order valence-corrected chi connectivity index (χ2v) is 11.1. The number of thiophene rings is 1. The number of hydrogen-bond donors (Lipinski definition) is 2. The Morgan fingerprint density at radius 1 is 1.24 bits per heavy atom. The second-order valence-electron chi connectivity index (χ2n) is 10.1. The van der Waals surface area contributed by atoms with Crippen molar-refractivity contribution in [1.29, 1.82) is 0 Å². The number of piperazine rings is 1. The lowest BCUT2D eigenvalue weighted by Crippen LogP contribution is -2.55. The van der Waals surface area contributed by atoms with Crippen LogP contribution in [0.15, 0.2) is 30.6 Å². The topological polar surface area (TPSA) is 80.7 Å². The molecule has 33 heavy (non-hydrogen) atoms. The third-order valence-electron chi connectivity index (χ3n) is 6.56. The van der Waals surface area contributed by atoms with E-state index in [1.165, 1.54) is 10.9 Å². The fraction of sp³-hybridized carbons (Fsp3) is 0.440. The van der Waals surface area contributed by atoms with Crippen LogP contribution in [0.1, 0.15) is 32.0 Å². The Morgan fingerprint density at radius 2 is 2.06 bits per heavy atom. The molecule has 3 N–H and O–H groups in total. The van der Waals surface area contributed by atoms with Crippen LogP contribution in [-0.4, -0.2) is 52.3 Å². The minimum Gasteiger partial charge on any atom is -0.495 e. The lowest BCUT2D eigenvalue weighted by molar-refractivity contribution is 0.127. The van der Waals surface area contributed by atoms with Gasteiger partial charge in [-0.1, -0.05) is 26.8 Å². The van der Waals surface area contributed by atoms with Gasteiger partial charge in [-0.25, -0.2) is 9.50 Å². The van der Waals surface area contributed by atoms with E-state index in [4.69, 9.17) is 10.5 Å². The number of aryl methyl sites for hydroxylation is 1. The van der Waals surface area contributed by atoms with Gasteiger partial charge in [-0.15, -0.1) is 11.3 Å². The van der Waals surface area contributed by atoms with Crippen LogP contribution in [0.3, 0.4) is 0 Å². The minimum absolute atomic E-state index is 0.214. The zero-order valence-corrected chi connectivity index (χ0v) is 20.8. The fourth-order valence-electron chi connectivity index (χ4n) is 4.75. The van der Waals surface area contributed by atoms with Crippen LogP contribution in [0.2, 0.25) is 0 Å². The Morgan fingerprint density at radius 3 is 2.82 bits per heavy atom. The normalized spacial score (nSPS) is 17.8. The van der Waals surface area contributed by atoms with Gasteiger partial charge in [0.15, 0.2) is 5.82 Å². The first-order valence-corrected chi connectivity index (χ1v) is 12.2. The van der Waals surface area contributed by atoms with Crippen LogP contribution in [-0.2, 0) is 6.54 Å². The predicted octanol–water partition coefficient (Wildman–Crippen LogP) is 4.33. The van der Waals surface area contributed by atoms with E-state index < -0.39 is 0 Å². The van der Waals surface area contributed by atoms with Crippen LogP contribution in [0.5, 0.6) is 5.75 Å². The molecule has 0 aliphatic carbocycles. The third kappa shape index (κ3) is 4.07. The van der Waals surface area contributed by atoms with E-state index in [9.17, 15) is 0 Å². The highest BCUT2D eigenvalue weighted by atomic mass is 32.1. The number of nitrogens with zero attached hydrogens (tertiary/aromatic N) is 4. The lowest BCUT2D eigenvalue weighted by atomic mass is 9.85. The SMILES string of the molecule is COc1cc(C)cc2cc(-c3cc(CN4CCNC(C(C)(C)C)C4)n4ncnc(N)c34)sc12. The first-order chi connectivity index (χ1) is 15.7. The molecule has 1 atom stereocenters. The summed E-state index contributed by atoms with van der Waals surface area (Å²) in [5.74, 6) is 1.41. The Kier molecular flexibility index (Phi) is 5.55. The molecule has 1 saturated heterocycles. The number of ether oxygens (including phenoxy) is 1. The van der Waals surface area contributed by atoms with Crippen LogP contribution >= 0.6 is 11.3 Å². The highest BCUT2D eigenvalue weighted by molar-refractivity contribution is 7.22. The molecule has 5 rings (SSSR count). The van der Waals surface area contributed by atoms with Gasteiger partial charge in [0.25, 0.3) is 0 Å². The van der Waals surface area contributed by atoms with Crippen LogP contribution in [0.25, 0.3) is 26.0 Å². The van der Waals surface area contributed by atoms with Crippen molar-refractivity contribution in [2.45, 2.75) is 40.3 Å². The molecular weight excluding hydrogens is 432 g/mol. The number of anilines is 1. The first-order valence-electron chi connectivity index (χ1n) is 11.4. The summed E-state index contributed by atoms with van der Waals surface area (Å²) in [5, 5.41) is 9.44. The highest BCUT2D eigenvalue weighted by Crippen LogP contribution is 2.42. The van der Waals surface area contributed by atoms with Gasteiger partial charge in [-0.05, 0) is 41.5 Å². The number of benzene rings is 1. The van der Waals surface area contributed by atoms with Crippen LogP contribution in [0, 0.1) is 12.3 Å². The smallest absolute Gasteiger partial charge is 0.152 e. The molecule has 0 saturated carbocycles. The molecular formula is C25H32N6OS. The van der Waals surface area contributed by atoms with Gasteiger partial charge in [0.1, 0.15) is 17.6 Å². The second kappa shape index (κ2) is 8.27. The number of aromatic nitrogens is 3. The van der Waals surface area contributed by atoms with Crippen molar-refractivity contribution in [3.8, 4) is 16.2 Å². The van der Waals surface area contributed by atoms with Gasteiger partial charge in [0, 0.05) is 42.7 Å². The van der Waals surface area contributed by atoms with E-state index >= 15 is 0 Å². The van der Waals surface area contributed by atoms with Gasteiger partial charge in [-0.3, -0.25) is 4.90 Å². The first kappa shape index (κ1) is 22.1. The van der Waals surface area contributed by atoms with Crippen molar-refractivity contribution < 1.29 is 4.74 Å². The molecule has 7 nitrogen and oxygen atoms in total. The van der Waals surface area contributed by atoms with Crippen molar-refractivity contribution in [2.24, 2.45) is 5.41 Å². The number of rotatable bonds is 4. The molecule has 1 aliphatic heterocycles.